The average Bonchev–Trinajstić information content (AvgIpc) is 2.69. The van der Waals surface area contributed by atoms with Gasteiger partial charge in [0.05, 0.1) is 0 Å². The van der Waals surface area contributed by atoms with Crippen LogP contribution in [0.4, 0.5) is 14.5 Å². The van der Waals surface area contributed by atoms with Gasteiger partial charge in [-0.1, -0.05) is 0 Å². The Balaban J connectivity index is 1.52. The van der Waals surface area contributed by atoms with Crippen molar-refractivity contribution >= 4 is 12.1 Å². The molecular weight excluding hydrogens is 364 g/mol. The SMILES string of the molecule is CC(C)N1CCN(C=O)CC1C1CCC(Nc2ccc(OC(F)F)cc2)CC1. The summed E-state index contributed by atoms with van der Waals surface area (Å²) in [5.41, 5.74) is 0.929. The number of ether oxygens (including phenoxy) is 1. The van der Waals surface area contributed by atoms with Crippen molar-refractivity contribution in [3.8, 4) is 5.75 Å². The van der Waals surface area contributed by atoms with Gasteiger partial charge in [-0.25, -0.2) is 0 Å². The fourth-order valence-electron chi connectivity index (χ4n) is 4.62. The molecule has 28 heavy (non-hydrogen) atoms. The predicted molar refractivity (Wildman–Crippen MR) is 106 cm³/mol. The van der Waals surface area contributed by atoms with E-state index in [2.05, 4.69) is 28.8 Å². The van der Waals surface area contributed by atoms with Crippen LogP contribution in [0.2, 0.25) is 0 Å². The van der Waals surface area contributed by atoms with Gasteiger partial charge in [0.25, 0.3) is 0 Å². The van der Waals surface area contributed by atoms with Crippen molar-refractivity contribution < 1.29 is 18.3 Å². The van der Waals surface area contributed by atoms with Gasteiger partial charge in [-0.15, -0.1) is 0 Å². The highest BCUT2D eigenvalue weighted by atomic mass is 19.3. The number of carbonyl (C=O) groups excluding carboxylic acids is 1. The van der Waals surface area contributed by atoms with E-state index in [0.717, 1.165) is 57.4 Å². The van der Waals surface area contributed by atoms with Gasteiger partial charge >= 0.3 is 6.61 Å². The third-order valence-corrected chi connectivity index (χ3v) is 6.07. The maximum absolute atomic E-state index is 12.2. The van der Waals surface area contributed by atoms with Crippen LogP contribution in [0.3, 0.4) is 0 Å². The summed E-state index contributed by atoms with van der Waals surface area (Å²) in [4.78, 5) is 15.7. The van der Waals surface area contributed by atoms with E-state index in [1.165, 1.54) is 0 Å². The number of halogens is 2. The minimum absolute atomic E-state index is 0.176. The molecule has 1 saturated carbocycles. The first kappa shape index (κ1) is 20.8. The lowest BCUT2D eigenvalue weighted by Gasteiger charge is -2.47. The second-order valence-electron chi connectivity index (χ2n) is 8.16. The average molecular weight is 395 g/mol. The van der Waals surface area contributed by atoms with Crippen molar-refractivity contribution in [2.75, 3.05) is 25.0 Å². The van der Waals surface area contributed by atoms with E-state index in [1.807, 2.05) is 4.90 Å². The zero-order valence-corrected chi connectivity index (χ0v) is 16.7. The maximum Gasteiger partial charge on any atom is 0.387 e. The quantitative estimate of drug-likeness (QED) is 0.713. The standard InChI is InChI=1S/C21H31F2N3O2/c1-15(2)26-12-11-25(14-27)13-20(26)16-3-5-17(6-4-16)24-18-7-9-19(10-8-18)28-21(22)23/h7-10,14-17,20-21,24H,3-6,11-13H2,1-2H3. The molecule has 1 saturated heterocycles. The molecule has 5 nitrogen and oxygen atoms in total. The zero-order chi connectivity index (χ0) is 20.1. The van der Waals surface area contributed by atoms with Crippen LogP contribution in [0.25, 0.3) is 0 Å². The highest BCUT2D eigenvalue weighted by Crippen LogP contribution is 2.33. The monoisotopic (exact) mass is 395 g/mol. The number of nitrogens with one attached hydrogen (secondary N) is 1. The van der Waals surface area contributed by atoms with Crippen LogP contribution < -0.4 is 10.1 Å². The number of benzene rings is 1. The van der Waals surface area contributed by atoms with Gasteiger partial charge in [-0.05, 0) is 69.7 Å². The van der Waals surface area contributed by atoms with Crippen molar-refractivity contribution in [2.45, 2.75) is 64.3 Å². The molecule has 0 radical (unpaired) electrons. The molecule has 1 aliphatic heterocycles. The number of alkyl halides is 2. The van der Waals surface area contributed by atoms with E-state index < -0.39 is 6.61 Å². The van der Waals surface area contributed by atoms with Crippen molar-refractivity contribution in [3.63, 3.8) is 0 Å². The Kier molecular flexibility index (Phi) is 7.10. The highest BCUT2D eigenvalue weighted by molar-refractivity contribution is 5.48. The summed E-state index contributed by atoms with van der Waals surface area (Å²) in [6, 6.07) is 8.01. The summed E-state index contributed by atoms with van der Waals surface area (Å²) in [5.74, 6) is 0.778. The molecule has 1 aromatic carbocycles. The molecule has 1 amide bonds. The number of hydrogen-bond acceptors (Lipinski definition) is 4. The number of hydrogen-bond donors (Lipinski definition) is 1. The summed E-state index contributed by atoms with van der Waals surface area (Å²) < 4.78 is 28.9. The number of carbonyl (C=O) groups is 1. The smallest absolute Gasteiger partial charge is 0.387 e. The third kappa shape index (κ3) is 5.34. The molecule has 2 aliphatic rings. The fraction of sp³-hybridized carbons (Fsp3) is 0.667. The van der Waals surface area contributed by atoms with Gasteiger partial charge in [0.1, 0.15) is 5.75 Å². The van der Waals surface area contributed by atoms with Crippen LogP contribution in [-0.4, -0.2) is 60.6 Å². The van der Waals surface area contributed by atoms with Gasteiger partial charge in [-0.2, -0.15) is 8.78 Å². The Morgan fingerprint density at radius 2 is 1.79 bits per heavy atom. The molecule has 156 valence electrons. The summed E-state index contributed by atoms with van der Waals surface area (Å²) in [6.45, 7) is 4.27. The number of piperazine rings is 1. The van der Waals surface area contributed by atoms with Crippen molar-refractivity contribution in [3.05, 3.63) is 24.3 Å². The van der Waals surface area contributed by atoms with E-state index in [9.17, 15) is 13.6 Å². The summed E-state index contributed by atoms with van der Waals surface area (Å²) in [7, 11) is 0. The molecule has 2 fully saturated rings. The molecule has 0 aromatic heterocycles. The summed E-state index contributed by atoms with van der Waals surface area (Å²) >= 11 is 0. The first-order valence-electron chi connectivity index (χ1n) is 10.2. The normalized spacial score (nSPS) is 26.5. The number of anilines is 1. The predicted octanol–water partition coefficient (Wildman–Crippen LogP) is 3.81. The second kappa shape index (κ2) is 9.54. The molecular formula is C21H31F2N3O2. The number of rotatable bonds is 7. The van der Waals surface area contributed by atoms with Crippen molar-refractivity contribution in [1.29, 1.82) is 0 Å². The van der Waals surface area contributed by atoms with E-state index >= 15 is 0 Å². The fourth-order valence-corrected chi connectivity index (χ4v) is 4.62. The first-order chi connectivity index (χ1) is 13.5. The van der Waals surface area contributed by atoms with Crippen LogP contribution in [-0.2, 0) is 4.79 Å². The van der Waals surface area contributed by atoms with E-state index in [0.29, 0.717) is 24.0 Å². The molecule has 3 rings (SSSR count). The molecule has 1 heterocycles. The Morgan fingerprint density at radius 3 is 2.36 bits per heavy atom. The van der Waals surface area contributed by atoms with Crippen LogP contribution in [0.15, 0.2) is 24.3 Å². The molecule has 1 atom stereocenters. The van der Waals surface area contributed by atoms with Crippen LogP contribution >= 0.6 is 0 Å². The number of nitrogens with zero attached hydrogens (tertiary/aromatic N) is 2. The first-order valence-corrected chi connectivity index (χ1v) is 10.2. The largest absolute Gasteiger partial charge is 0.435 e. The van der Waals surface area contributed by atoms with Crippen LogP contribution in [0.1, 0.15) is 39.5 Å². The maximum atomic E-state index is 12.2. The Bertz CT molecular complexity index is 619. The van der Waals surface area contributed by atoms with Crippen LogP contribution in [0, 0.1) is 5.92 Å². The minimum atomic E-state index is -2.80. The van der Waals surface area contributed by atoms with E-state index in [1.54, 1.807) is 24.3 Å². The van der Waals surface area contributed by atoms with Crippen molar-refractivity contribution in [2.24, 2.45) is 5.92 Å². The molecule has 1 aliphatic carbocycles. The molecule has 1 aromatic rings. The molecule has 7 heteroatoms. The van der Waals surface area contributed by atoms with Gasteiger partial charge in [0, 0.05) is 43.4 Å². The molecule has 1 N–H and O–H groups in total. The second-order valence-corrected chi connectivity index (χ2v) is 8.16. The van der Waals surface area contributed by atoms with Gasteiger partial charge in [0.2, 0.25) is 6.41 Å². The Hall–Kier alpha value is -1.89. The van der Waals surface area contributed by atoms with Crippen LogP contribution in [0.5, 0.6) is 5.75 Å². The lowest BCUT2D eigenvalue weighted by Crippen LogP contribution is -2.58. The summed E-state index contributed by atoms with van der Waals surface area (Å²) in [5, 5.41) is 3.52. The van der Waals surface area contributed by atoms with E-state index in [4.69, 9.17) is 0 Å². The lowest BCUT2D eigenvalue weighted by atomic mass is 9.79. The third-order valence-electron chi connectivity index (χ3n) is 6.07. The highest BCUT2D eigenvalue weighted by Gasteiger charge is 2.36. The molecule has 0 spiro atoms. The van der Waals surface area contributed by atoms with Gasteiger partial charge in [-0.3, -0.25) is 9.69 Å². The molecule has 0 bridgehead atoms. The van der Waals surface area contributed by atoms with E-state index in [-0.39, 0.29) is 5.75 Å². The molecule has 1 unspecified atom stereocenters. The number of amides is 1. The van der Waals surface area contributed by atoms with Gasteiger partial charge in [0.15, 0.2) is 0 Å². The van der Waals surface area contributed by atoms with Gasteiger partial charge < -0.3 is 15.0 Å². The topological polar surface area (TPSA) is 44.8 Å². The Morgan fingerprint density at radius 1 is 1.11 bits per heavy atom. The minimum Gasteiger partial charge on any atom is -0.435 e. The zero-order valence-electron chi connectivity index (χ0n) is 16.7. The summed E-state index contributed by atoms with van der Waals surface area (Å²) in [6.07, 6.45) is 5.39. The Labute approximate surface area is 166 Å². The lowest BCUT2D eigenvalue weighted by molar-refractivity contribution is -0.122. The van der Waals surface area contributed by atoms with Crippen molar-refractivity contribution in [1.82, 2.24) is 9.80 Å².